The van der Waals surface area contributed by atoms with E-state index < -0.39 is 0 Å². The average Bonchev–Trinajstić information content (AvgIpc) is 2.51. The number of nitrogens with zero attached hydrogens (tertiary/aromatic N) is 1. The van der Waals surface area contributed by atoms with Gasteiger partial charge in [-0.1, -0.05) is 18.2 Å². The van der Waals surface area contributed by atoms with Crippen LogP contribution >= 0.6 is 0 Å². The van der Waals surface area contributed by atoms with Crippen molar-refractivity contribution in [3.05, 3.63) is 59.9 Å². The summed E-state index contributed by atoms with van der Waals surface area (Å²) in [4.78, 5) is 4.21. The quantitative estimate of drug-likeness (QED) is 0.633. The van der Waals surface area contributed by atoms with Crippen LogP contribution in [0.25, 0.3) is 0 Å². The van der Waals surface area contributed by atoms with Crippen LogP contribution in [-0.2, 0) is 6.42 Å². The highest BCUT2D eigenvalue weighted by atomic mass is 19.1. The highest BCUT2D eigenvalue weighted by Gasteiger charge is 2.01. The number of rotatable bonds is 6. The molecule has 0 aliphatic heterocycles. The maximum atomic E-state index is 13.5. The van der Waals surface area contributed by atoms with Crippen molar-refractivity contribution < 1.29 is 9.13 Å². The lowest BCUT2D eigenvalue weighted by Gasteiger charge is -2.11. The molecule has 3 N–H and O–H groups in total. The molecule has 0 aromatic heterocycles. The Bertz CT molecular complexity index is 654. The Morgan fingerprint density at radius 3 is 2.52 bits per heavy atom. The predicted molar refractivity (Wildman–Crippen MR) is 92.4 cm³/mol. The van der Waals surface area contributed by atoms with Crippen molar-refractivity contribution >= 4 is 11.6 Å². The Hall–Kier alpha value is -2.56. The van der Waals surface area contributed by atoms with Gasteiger partial charge in [-0.3, -0.25) is 4.99 Å². The highest BCUT2D eigenvalue weighted by molar-refractivity contribution is 5.92. The van der Waals surface area contributed by atoms with E-state index in [1.54, 1.807) is 12.1 Å². The molecule has 0 aliphatic rings. The third-order valence-electron chi connectivity index (χ3n) is 3.12. The lowest BCUT2D eigenvalue weighted by Crippen LogP contribution is -2.23. The van der Waals surface area contributed by atoms with Crippen molar-refractivity contribution in [1.29, 1.82) is 0 Å². The van der Waals surface area contributed by atoms with Crippen molar-refractivity contribution in [2.24, 2.45) is 10.7 Å². The molecule has 0 aliphatic carbocycles. The first-order valence-corrected chi connectivity index (χ1v) is 7.61. The maximum Gasteiger partial charge on any atom is 0.193 e. The number of anilines is 1. The molecular weight excluding hydrogens is 293 g/mol. The standard InChI is InChI=1S/C18H22FN3O/c1-13(2)23-16-9-7-15(8-10-16)22-18(20)21-12-11-14-5-3-4-6-17(14)19/h3-10,13H,11-12H2,1-2H3,(H3,20,21,22). The van der Waals surface area contributed by atoms with E-state index in [0.717, 1.165) is 11.4 Å². The van der Waals surface area contributed by atoms with Gasteiger partial charge in [-0.2, -0.15) is 0 Å². The summed E-state index contributed by atoms with van der Waals surface area (Å²) in [7, 11) is 0. The molecule has 0 atom stereocenters. The van der Waals surface area contributed by atoms with Gasteiger partial charge in [0.05, 0.1) is 6.10 Å². The van der Waals surface area contributed by atoms with Gasteiger partial charge in [-0.15, -0.1) is 0 Å². The Morgan fingerprint density at radius 1 is 1.17 bits per heavy atom. The number of hydrogen-bond donors (Lipinski definition) is 2. The molecule has 0 radical (unpaired) electrons. The number of benzene rings is 2. The minimum absolute atomic E-state index is 0.138. The summed E-state index contributed by atoms with van der Waals surface area (Å²) in [6.07, 6.45) is 0.648. The fourth-order valence-corrected chi connectivity index (χ4v) is 2.07. The Morgan fingerprint density at radius 2 is 1.87 bits per heavy atom. The predicted octanol–water partition coefficient (Wildman–Crippen LogP) is 3.58. The van der Waals surface area contributed by atoms with E-state index in [2.05, 4.69) is 10.3 Å². The summed E-state index contributed by atoms with van der Waals surface area (Å²) in [6, 6.07) is 14.2. The van der Waals surface area contributed by atoms with E-state index in [1.165, 1.54) is 6.07 Å². The van der Waals surface area contributed by atoms with Crippen molar-refractivity contribution in [2.75, 3.05) is 11.9 Å². The molecular formula is C18H22FN3O. The largest absolute Gasteiger partial charge is 0.491 e. The van der Waals surface area contributed by atoms with Gasteiger partial charge in [-0.05, 0) is 56.2 Å². The number of ether oxygens (including phenoxy) is 1. The molecule has 4 nitrogen and oxygen atoms in total. The molecule has 2 rings (SSSR count). The first-order valence-electron chi connectivity index (χ1n) is 7.61. The second-order valence-corrected chi connectivity index (χ2v) is 5.42. The molecule has 122 valence electrons. The van der Waals surface area contributed by atoms with Gasteiger partial charge in [-0.25, -0.2) is 4.39 Å². The summed E-state index contributed by atoms with van der Waals surface area (Å²) < 4.78 is 19.1. The first-order chi connectivity index (χ1) is 11.0. The van der Waals surface area contributed by atoms with Crippen LogP contribution in [0.3, 0.4) is 0 Å². The van der Waals surface area contributed by atoms with Gasteiger partial charge in [0.1, 0.15) is 11.6 Å². The van der Waals surface area contributed by atoms with Gasteiger partial charge >= 0.3 is 0 Å². The second-order valence-electron chi connectivity index (χ2n) is 5.42. The van der Waals surface area contributed by atoms with Crippen molar-refractivity contribution in [3.63, 3.8) is 0 Å². The molecule has 0 unspecified atom stereocenters. The third-order valence-corrected chi connectivity index (χ3v) is 3.12. The number of aliphatic imine (C=N–C) groups is 1. The monoisotopic (exact) mass is 315 g/mol. The normalized spacial score (nSPS) is 11.6. The maximum absolute atomic E-state index is 13.5. The van der Waals surface area contributed by atoms with Crippen LogP contribution in [0.5, 0.6) is 5.75 Å². The zero-order chi connectivity index (χ0) is 16.7. The van der Waals surface area contributed by atoms with E-state index in [9.17, 15) is 4.39 Å². The van der Waals surface area contributed by atoms with Crippen LogP contribution in [-0.4, -0.2) is 18.6 Å². The van der Waals surface area contributed by atoms with Crippen LogP contribution in [0.15, 0.2) is 53.5 Å². The van der Waals surface area contributed by atoms with E-state index >= 15 is 0 Å². The zero-order valence-electron chi connectivity index (χ0n) is 13.4. The molecule has 0 heterocycles. The van der Waals surface area contributed by atoms with E-state index in [4.69, 9.17) is 10.5 Å². The highest BCUT2D eigenvalue weighted by Crippen LogP contribution is 2.16. The number of hydrogen-bond acceptors (Lipinski definition) is 2. The van der Waals surface area contributed by atoms with Crippen LogP contribution in [0.2, 0.25) is 0 Å². The molecule has 0 saturated carbocycles. The van der Waals surface area contributed by atoms with Gasteiger partial charge in [0, 0.05) is 12.2 Å². The smallest absolute Gasteiger partial charge is 0.193 e. The minimum atomic E-state index is -0.213. The molecule has 23 heavy (non-hydrogen) atoms. The Kier molecular flexibility index (Phi) is 5.97. The third kappa shape index (κ3) is 5.62. The molecule has 2 aromatic carbocycles. The van der Waals surface area contributed by atoms with Crippen molar-refractivity contribution in [1.82, 2.24) is 0 Å². The average molecular weight is 315 g/mol. The first kappa shape index (κ1) is 16.8. The van der Waals surface area contributed by atoms with Crippen LogP contribution in [0.4, 0.5) is 10.1 Å². The molecule has 0 bridgehead atoms. The topological polar surface area (TPSA) is 59.6 Å². The lowest BCUT2D eigenvalue weighted by atomic mass is 10.1. The van der Waals surface area contributed by atoms with E-state index in [0.29, 0.717) is 24.5 Å². The Balaban J connectivity index is 1.86. The lowest BCUT2D eigenvalue weighted by molar-refractivity contribution is 0.242. The van der Waals surface area contributed by atoms with Gasteiger partial charge in [0.2, 0.25) is 0 Å². The Labute approximate surface area is 136 Å². The summed E-state index contributed by atoms with van der Waals surface area (Å²) in [6.45, 7) is 4.38. The molecule has 0 amide bonds. The van der Waals surface area contributed by atoms with Gasteiger partial charge in [0.15, 0.2) is 5.96 Å². The van der Waals surface area contributed by atoms with Crippen LogP contribution in [0.1, 0.15) is 19.4 Å². The van der Waals surface area contributed by atoms with Crippen LogP contribution < -0.4 is 15.8 Å². The fourth-order valence-electron chi connectivity index (χ4n) is 2.07. The molecule has 0 fully saturated rings. The van der Waals surface area contributed by atoms with Crippen LogP contribution in [0, 0.1) is 5.82 Å². The number of nitrogens with one attached hydrogen (secondary N) is 1. The van der Waals surface area contributed by atoms with E-state index in [-0.39, 0.29) is 11.9 Å². The second kappa shape index (κ2) is 8.17. The van der Waals surface area contributed by atoms with Gasteiger partial charge in [0.25, 0.3) is 0 Å². The summed E-state index contributed by atoms with van der Waals surface area (Å²) >= 11 is 0. The molecule has 2 aromatic rings. The molecule has 0 saturated heterocycles. The number of guanidine groups is 1. The summed E-state index contributed by atoms with van der Waals surface area (Å²) in [5.41, 5.74) is 7.31. The fraction of sp³-hybridized carbons (Fsp3) is 0.278. The SMILES string of the molecule is CC(C)Oc1ccc(NC(N)=NCCc2ccccc2F)cc1. The van der Waals surface area contributed by atoms with Gasteiger partial charge < -0.3 is 15.8 Å². The van der Waals surface area contributed by atoms with Crippen molar-refractivity contribution in [2.45, 2.75) is 26.4 Å². The zero-order valence-corrected chi connectivity index (χ0v) is 13.4. The minimum Gasteiger partial charge on any atom is -0.491 e. The van der Waals surface area contributed by atoms with E-state index in [1.807, 2.05) is 44.2 Å². The molecule has 5 heteroatoms. The number of halogens is 1. The summed E-state index contributed by atoms with van der Waals surface area (Å²) in [5.74, 6) is 0.898. The molecule has 0 spiro atoms. The van der Waals surface area contributed by atoms with Crippen molar-refractivity contribution in [3.8, 4) is 5.75 Å². The number of nitrogens with two attached hydrogens (primary N) is 1. The summed E-state index contributed by atoms with van der Waals surface area (Å²) in [5, 5.41) is 3.00.